The largest absolute Gasteiger partial charge is 0.366 e. The Labute approximate surface area is 147 Å². The number of sulfone groups is 1. The standard InChI is InChI=1S/C14H15F2N5O4S/c15-14(16)26(24,25)11-1-2-12(13(7-11)21(22)23)19-5-3-10(4-6-19)20-9-17-8-18-20/h1-2,7-10,14H,3-6H2. The lowest BCUT2D eigenvalue weighted by Crippen LogP contribution is -2.35. The molecule has 1 fully saturated rings. The van der Waals surface area contributed by atoms with E-state index in [1.807, 2.05) is 0 Å². The van der Waals surface area contributed by atoms with Crippen molar-refractivity contribution in [2.75, 3.05) is 18.0 Å². The minimum Gasteiger partial charge on any atom is -0.366 e. The lowest BCUT2D eigenvalue weighted by atomic mass is 10.0. The normalized spacial score (nSPS) is 16.2. The predicted octanol–water partition coefficient (Wildman–Crippen LogP) is 2.02. The highest BCUT2D eigenvalue weighted by Gasteiger charge is 2.31. The van der Waals surface area contributed by atoms with Crippen molar-refractivity contribution in [1.82, 2.24) is 14.8 Å². The fraction of sp³-hybridized carbons (Fsp3) is 0.429. The van der Waals surface area contributed by atoms with Gasteiger partial charge in [0.1, 0.15) is 18.3 Å². The van der Waals surface area contributed by atoms with Crippen molar-refractivity contribution in [1.29, 1.82) is 0 Å². The quantitative estimate of drug-likeness (QED) is 0.570. The van der Waals surface area contributed by atoms with Crippen LogP contribution in [0.1, 0.15) is 18.9 Å². The lowest BCUT2D eigenvalue weighted by Gasteiger charge is -2.33. The number of nitrogens with zero attached hydrogens (tertiary/aromatic N) is 5. The van der Waals surface area contributed by atoms with Crippen LogP contribution in [0.2, 0.25) is 0 Å². The summed E-state index contributed by atoms with van der Waals surface area (Å²) in [6.45, 7) is 0.957. The average Bonchev–Trinajstić information content (AvgIpc) is 3.16. The van der Waals surface area contributed by atoms with E-state index >= 15 is 0 Å². The van der Waals surface area contributed by atoms with Gasteiger partial charge >= 0.3 is 5.76 Å². The minimum atomic E-state index is -4.89. The van der Waals surface area contributed by atoms with Crippen molar-refractivity contribution in [2.24, 2.45) is 0 Å². The molecular formula is C14H15F2N5O4S. The molecule has 1 aromatic heterocycles. The Morgan fingerprint density at radius 1 is 1.27 bits per heavy atom. The summed E-state index contributed by atoms with van der Waals surface area (Å²) in [4.78, 5) is 15.4. The Bertz CT molecular complexity index is 896. The van der Waals surface area contributed by atoms with E-state index in [2.05, 4.69) is 10.1 Å². The molecule has 0 bridgehead atoms. The fourth-order valence-corrected chi connectivity index (χ4v) is 3.71. The summed E-state index contributed by atoms with van der Waals surface area (Å²) >= 11 is 0. The van der Waals surface area contributed by atoms with Crippen molar-refractivity contribution in [2.45, 2.75) is 29.5 Å². The summed E-state index contributed by atoms with van der Waals surface area (Å²) < 4.78 is 50.2. The molecule has 0 spiro atoms. The van der Waals surface area contributed by atoms with Crippen molar-refractivity contribution >= 4 is 21.2 Å². The van der Waals surface area contributed by atoms with Crippen molar-refractivity contribution in [3.05, 3.63) is 41.0 Å². The molecule has 0 aliphatic carbocycles. The summed E-state index contributed by atoms with van der Waals surface area (Å²) in [5.41, 5.74) is -0.300. The van der Waals surface area contributed by atoms with E-state index in [-0.39, 0.29) is 11.7 Å². The number of rotatable bonds is 5. The first-order valence-electron chi connectivity index (χ1n) is 7.70. The van der Waals surface area contributed by atoms with E-state index in [0.29, 0.717) is 32.0 Å². The van der Waals surface area contributed by atoms with E-state index in [4.69, 9.17) is 0 Å². The molecule has 26 heavy (non-hydrogen) atoms. The van der Waals surface area contributed by atoms with Crippen LogP contribution in [0.25, 0.3) is 0 Å². The summed E-state index contributed by atoms with van der Waals surface area (Å²) in [5.74, 6) is -3.63. The first-order valence-corrected chi connectivity index (χ1v) is 9.25. The fourth-order valence-electron chi connectivity index (χ4n) is 2.97. The number of halogens is 2. The van der Waals surface area contributed by atoms with E-state index in [1.54, 1.807) is 15.9 Å². The van der Waals surface area contributed by atoms with Crippen LogP contribution in [0.4, 0.5) is 20.2 Å². The number of aromatic nitrogens is 3. The van der Waals surface area contributed by atoms with Gasteiger partial charge in [-0.15, -0.1) is 0 Å². The molecule has 0 unspecified atom stereocenters. The van der Waals surface area contributed by atoms with Crippen LogP contribution in [0.3, 0.4) is 0 Å². The molecule has 2 heterocycles. The van der Waals surface area contributed by atoms with Crippen LogP contribution in [-0.2, 0) is 9.84 Å². The lowest BCUT2D eigenvalue weighted by molar-refractivity contribution is -0.384. The molecular weight excluding hydrogens is 372 g/mol. The van der Waals surface area contributed by atoms with Crippen LogP contribution >= 0.6 is 0 Å². The highest BCUT2D eigenvalue weighted by Crippen LogP contribution is 2.35. The molecule has 9 nitrogen and oxygen atoms in total. The molecule has 0 amide bonds. The Morgan fingerprint density at radius 3 is 2.50 bits per heavy atom. The number of alkyl halides is 2. The van der Waals surface area contributed by atoms with Gasteiger partial charge in [-0.05, 0) is 25.0 Å². The van der Waals surface area contributed by atoms with Crippen LogP contribution in [-0.4, -0.2) is 47.0 Å². The molecule has 0 N–H and O–H groups in total. The topological polar surface area (TPSA) is 111 Å². The predicted molar refractivity (Wildman–Crippen MR) is 86.8 cm³/mol. The van der Waals surface area contributed by atoms with Gasteiger partial charge in [0.25, 0.3) is 5.69 Å². The molecule has 12 heteroatoms. The molecule has 0 atom stereocenters. The number of hydrogen-bond donors (Lipinski definition) is 0. The van der Waals surface area contributed by atoms with Crippen molar-refractivity contribution in [3.8, 4) is 0 Å². The maximum absolute atomic E-state index is 12.7. The first-order chi connectivity index (χ1) is 12.3. The molecule has 3 rings (SSSR count). The smallest absolute Gasteiger partial charge is 0.341 e. The zero-order valence-electron chi connectivity index (χ0n) is 13.4. The van der Waals surface area contributed by atoms with Gasteiger partial charge in [0.05, 0.1) is 15.9 Å². The molecule has 140 valence electrons. The molecule has 2 aromatic rings. The van der Waals surface area contributed by atoms with Crippen LogP contribution in [0, 0.1) is 10.1 Å². The molecule has 1 aliphatic heterocycles. The molecule has 1 saturated heterocycles. The highest BCUT2D eigenvalue weighted by atomic mass is 32.2. The van der Waals surface area contributed by atoms with Gasteiger partial charge in [-0.3, -0.25) is 10.1 Å². The van der Waals surface area contributed by atoms with Crippen LogP contribution in [0.5, 0.6) is 0 Å². The van der Waals surface area contributed by atoms with E-state index in [0.717, 1.165) is 6.07 Å². The maximum Gasteiger partial charge on any atom is 0.341 e. The third-order valence-electron chi connectivity index (χ3n) is 4.32. The minimum absolute atomic E-state index is 0.117. The molecule has 1 aliphatic rings. The number of anilines is 1. The number of benzene rings is 1. The van der Waals surface area contributed by atoms with Crippen molar-refractivity contribution in [3.63, 3.8) is 0 Å². The number of nitro benzene ring substituents is 1. The number of nitro groups is 1. The SMILES string of the molecule is O=[N+]([O-])c1cc(S(=O)(=O)C(F)F)ccc1N1CCC(n2cncn2)CC1. The third kappa shape index (κ3) is 3.36. The van der Waals surface area contributed by atoms with Gasteiger partial charge in [-0.2, -0.15) is 13.9 Å². The summed E-state index contributed by atoms with van der Waals surface area (Å²) in [6, 6.07) is 3.00. The number of piperidine rings is 1. The monoisotopic (exact) mass is 387 g/mol. The van der Waals surface area contributed by atoms with Gasteiger partial charge in [0, 0.05) is 19.2 Å². The Kier molecular flexibility index (Phi) is 4.85. The third-order valence-corrected chi connectivity index (χ3v) is 5.70. The van der Waals surface area contributed by atoms with Crippen molar-refractivity contribution < 1.29 is 22.1 Å². The highest BCUT2D eigenvalue weighted by molar-refractivity contribution is 7.91. The Morgan fingerprint density at radius 2 is 1.96 bits per heavy atom. The summed E-state index contributed by atoms with van der Waals surface area (Å²) in [6.07, 6.45) is 4.36. The van der Waals surface area contributed by atoms with E-state index in [1.165, 1.54) is 12.4 Å². The van der Waals surface area contributed by atoms with Crippen LogP contribution < -0.4 is 4.90 Å². The second-order valence-corrected chi connectivity index (χ2v) is 7.72. The summed E-state index contributed by atoms with van der Waals surface area (Å²) in [7, 11) is -4.89. The van der Waals surface area contributed by atoms with Gasteiger partial charge < -0.3 is 4.90 Å². The number of hydrogen-bond acceptors (Lipinski definition) is 7. The second kappa shape index (κ2) is 6.94. The molecule has 1 aromatic carbocycles. The summed E-state index contributed by atoms with van der Waals surface area (Å²) in [5, 5.41) is 15.4. The Balaban J connectivity index is 1.85. The zero-order chi connectivity index (χ0) is 18.9. The van der Waals surface area contributed by atoms with E-state index in [9.17, 15) is 27.3 Å². The van der Waals surface area contributed by atoms with Gasteiger partial charge in [-0.1, -0.05) is 0 Å². The average molecular weight is 387 g/mol. The maximum atomic E-state index is 12.7. The second-order valence-electron chi connectivity index (χ2n) is 5.81. The van der Waals surface area contributed by atoms with Gasteiger partial charge in [0.2, 0.25) is 9.84 Å². The van der Waals surface area contributed by atoms with Gasteiger partial charge in [-0.25, -0.2) is 18.1 Å². The van der Waals surface area contributed by atoms with E-state index < -0.39 is 31.1 Å². The zero-order valence-corrected chi connectivity index (χ0v) is 14.2. The van der Waals surface area contributed by atoms with Gasteiger partial charge in [0.15, 0.2) is 0 Å². The Hall–Kier alpha value is -2.63. The first kappa shape index (κ1) is 18.2. The molecule has 0 saturated carbocycles. The van der Waals surface area contributed by atoms with Crippen LogP contribution in [0.15, 0.2) is 35.7 Å². The molecule has 0 radical (unpaired) electrons.